The second-order valence-electron chi connectivity index (χ2n) is 3.55. The maximum absolute atomic E-state index is 14.2. The summed E-state index contributed by atoms with van der Waals surface area (Å²) < 4.78 is 18.4. The maximum atomic E-state index is 14.2. The maximum Gasteiger partial charge on any atom is 0.149 e. The van der Waals surface area contributed by atoms with Gasteiger partial charge in [-0.1, -0.05) is 0 Å². The van der Waals surface area contributed by atoms with E-state index in [1.54, 1.807) is 0 Å². The third kappa shape index (κ3) is 1.74. The zero-order chi connectivity index (χ0) is 9.31. The molecule has 13 heavy (non-hydrogen) atoms. The predicted molar refractivity (Wildman–Crippen MR) is 51.7 cm³/mol. The molecule has 2 heterocycles. The Hall–Kier alpha value is -0.480. The number of nitrogens with one attached hydrogen (secondary N) is 1. The van der Waals surface area contributed by atoms with Gasteiger partial charge < -0.3 is 5.32 Å². The van der Waals surface area contributed by atoms with E-state index < -0.39 is 5.67 Å². The zero-order valence-corrected chi connectivity index (χ0v) is 8.46. The highest BCUT2D eigenvalue weighted by molar-refractivity contribution is 7.06. The summed E-state index contributed by atoms with van der Waals surface area (Å²) in [7, 11) is 0. The van der Waals surface area contributed by atoms with Gasteiger partial charge in [0.15, 0.2) is 0 Å². The fourth-order valence-corrected chi connectivity index (χ4v) is 2.53. The van der Waals surface area contributed by atoms with Crippen LogP contribution >= 0.6 is 11.5 Å². The van der Waals surface area contributed by atoms with Crippen LogP contribution in [0.15, 0.2) is 6.07 Å². The summed E-state index contributed by atoms with van der Waals surface area (Å²) in [6.07, 6.45) is 1.16. The number of nitrogens with zero attached hydrogens (tertiary/aromatic N) is 1. The Kier molecular flexibility index (Phi) is 2.34. The lowest BCUT2D eigenvalue weighted by atomic mass is 9.93. The van der Waals surface area contributed by atoms with Crippen LogP contribution in [0.5, 0.6) is 0 Å². The molecular formula is C9H13FN2S. The Morgan fingerprint density at radius 2 is 2.23 bits per heavy atom. The molecule has 1 aromatic rings. The minimum absolute atomic E-state index is 0.578. The third-order valence-electron chi connectivity index (χ3n) is 2.47. The highest BCUT2D eigenvalue weighted by atomic mass is 32.1. The number of hydrogen-bond donors (Lipinski definition) is 1. The van der Waals surface area contributed by atoms with Crippen molar-refractivity contribution in [2.75, 3.05) is 13.1 Å². The van der Waals surface area contributed by atoms with Gasteiger partial charge in [-0.15, -0.1) is 0 Å². The number of hydrogen-bond acceptors (Lipinski definition) is 3. The summed E-state index contributed by atoms with van der Waals surface area (Å²) in [5.74, 6) is 0. The van der Waals surface area contributed by atoms with Crippen molar-refractivity contribution in [2.24, 2.45) is 0 Å². The van der Waals surface area contributed by atoms with Crippen LogP contribution in [0.1, 0.15) is 23.4 Å². The summed E-state index contributed by atoms with van der Waals surface area (Å²) in [5, 5.41) is 3.16. The van der Waals surface area contributed by atoms with E-state index >= 15 is 0 Å². The van der Waals surface area contributed by atoms with Crippen LogP contribution in [0.3, 0.4) is 0 Å². The number of aromatic nitrogens is 1. The smallest absolute Gasteiger partial charge is 0.149 e. The molecule has 0 saturated carbocycles. The number of alkyl halides is 1. The number of halogens is 1. The summed E-state index contributed by atoms with van der Waals surface area (Å²) in [6.45, 7) is 3.45. The molecule has 1 saturated heterocycles. The van der Waals surface area contributed by atoms with Gasteiger partial charge in [0.1, 0.15) is 5.67 Å². The van der Waals surface area contributed by atoms with Gasteiger partial charge in [-0.05, 0) is 50.5 Å². The standard InChI is InChI=1S/C9H13FN2S/c1-7-6-8(13-12-7)9(10)2-4-11-5-3-9/h6,11H,2-5H2,1H3. The molecule has 0 spiro atoms. The summed E-state index contributed by atoms with van der Waals surface area (Å²) >= 11 is 1.30. The molecule has 0 amide bonds. The highest BCUT2D eigenvalue weighted by Crippen LogP contribution is 2.37. The highest BCUT2D eigenvalue weighted by Gasteiger charge is 2.35. The summed E-state index contributed by atoms with van der Waals surface area (Å²) in [6, 6.07) is 1.87. The Morgan fingerprint density at radius 3 is 2.77 bits per heavy atom. The van der Waals surface area contributed by atoms with E-state index in [-0.39, 0.29) is 0 Å². The fraction of sp³-hybridized carbons (Fsp3) is 0.667. The molecule has 0 aliphatic carbocycles. The average molecular weight is 200 g/mol. The van der Waals surface area contributed by atoms with Crippen LogP contribution in [0.2, 0.25) is 0 Å². The van der Waals surface area contributed by atoms with Gasteiger partial charge in [0.25, 0.3) is 0 Å². The quantitative estimate of drug-likeness (QED) is 0.750. The lowest BCUT2D eigenvalue weighted by Crippen LogP contribution is -2.36. The molecule has 0 bridgehead atoms. The van der Waals surface area contributed by atoms with Crippen LogP contribution in [0, 0.1) is 6.92 Å². The van der Waals surface area contributed by atoms with Gasteiger partial charge in [0.05, 0.1) is 10.6 Å². The number of rotatable bonds is 1. The largest absolute Gasteiger partial charge is 0.316 e. The second kappa shape index (κ2) is 3.35. The molecule has 72 valence electrons. The molecule has 1 aliphatic heterocycles. The van der Waals surface area contributed by atoms with Gasteiger partial charge in [-0.3, -0.25) is 0 Å². The lowest BCUT2D eigenvalue weighted by molar-refractivity contribution is 0.119. The van der Waals surface area contributed by atoms with Crippen molar-refractivity contribution in [3.8, 4) is 0 Å². The van der Waals surface area contributed by atoms with E-state index in [1.165, 1.54) is 11.5 Å². The average Bonchev–Trinajstić information content (AvgIpc) is 2.54. The first kappa shape index (κ1) is 9.09. The molecule has 1 aliphatic rings. The number of piperidine rings is 1. The molecule has 2 nitrogen and oxygen atoms in total. The Morgan fingerprint density at radius 1 is 1.54 bits per heavy atom. The fourth-order valence-electron chi connectivity index (χ4n) is 1.64. The molecule has 0 unspecified atom stereocenters. The van der Waals surface area contributed by atoms with Gasteiger partial charge in [-0.2, -0.15) is 4.37 Å². The van der Waals surface area contributed by atoms with Crippen molar-refractivity contribution < 1.29 is 4.39 Å². The number of aryl methyl sites for hydroxylation is 1. The Labute approximate surface area is 81.3 Å². The SMILES string of the molecule is Cc1cc(C2(F)CCNCC2)sn1. The molecule has 0 atom stereocenters. The molecule has 1 aromatic heterocycles. The molecule has 0 aromatic carbocycles. The Balaban J connectivity index is 2.22. The van der Waals surface area contributed by atoms with Crippen molar-refractivity contribution in [2.45, 2.75) is 25.4 Å². The first-order valence-corrected chi connectivity index (χ1v) is 5.31. The topological polar surface area (TPSA) is 24.9 Å². The van der Waals surface area contributed by atoms with Gasteiger partial charge in [-0.25, -0.2) is 4.39 Å². The molecule has 0 radical (unpaired) electrons. The van der Waals surface area contributed by atoms with Crippen molar-refractivity contribution in [3.05, 3.63) is 16.6 Å². The van der Waals surface area contributed by atoms with Crippen molar-refractivity contribution in [1.29, 1.82) is 0 Å². The van der Waals surface area contributed by atoms with Crippen molar-refractivity contribution >= 4 is 11.5 Å². The molecule has 1 fully saturated rings. The van der Waals surface area contributed by atoms with Crippen LogP contribution in [0.25, 0.3) is 0 Å². The minimum Gasteiger partial charge on any atom is -0.316 e. The van der Waals surface area contributed by atoms with Crippen molar-refractivity contribution in [1.82, 2.24) is 9.69 Å². The first-order chi connectivity index (χ1) is 6.21. The van der Waals surface area contributed by atoms with Crippen LogP contribution in [0.4, 0.5) is 4.39 Å². The predicted octanol–water partition coefficient (Wildman–Crippen LogP) is 2.00. The van der Waals surface area contributed by atoms with E-state index in [0.29, 0.717) is 12.8 Å². The van der Waals surface area contributed by atoms with E-state index in [0.717, 1.165) is 23.7 Å². The van der Waals surface area contributed by atoms with Gasteiger partial charge in [0, 0.05) is 0 Å². The molecule has 1 N–H and O–H groups in total. The second-order valence-corrected chi connectivity index (χ2v) is 4.35. The van der Waals surface area contributed by atoms with E-state index in [4.69, 9.17) is 0 Å². The van der Waals surface area contributed by atoms with E-state index in [9.17, 15) is 4.39 Å². The van der Waals surface area contributed by atoms with Crippen LogP contribution in [-0.2, 0) is 5.67 Å². The summed E-state index contributed by atoms with van der Waals surface area (Å²) in [4.78, 5) is 0.798. The van der Waals surface area contributed by atoms with Crippen molar-refractivity contribution in [3.63, 3.8) is 0 Å². The minimum atomic E-state index is -1.11. The Bertz CT molecular complexity index is 292. The molecule has 4 heteroatoms. The van der Waals surface area contributed by atoms with Crippen LogP contribution < -0.4 is 5.32 Å². The normalized spacial score (nSPS) is 21.7. The molecule has 2 rings (SSSR count). The first-order valence-electron chi connectivity index (χ1n) is 4.54. The van der Waals surface area contributed by atoms with Crippen LogP contribution in [-0.4, -0.2) is 17.5 Å². The lowest BCUT2D eigenvalue weighted by Gasteiger charge is -2.28. The molecular weight excluding hydrogens is 187 g/mol. The van der Waals surface area contributed by atoms with E-state index in [1.807, 2.05) is 13.0 Å². The summed E-state index contributed by atoms with van der Waals surface area (Å²) in [5.41, 5.74) is -0.187. The van der Waals surface area contributed by atoms with Gasteiger partial charge in [0.2, 0.25) is 0 Å². The third-order valence-corrected chi connectivity index (χ3v) is 3.53. The van der Waals surface area contributed by atoms with Gasteiger partial charge >= 0.3 is 0 Å². The zero-order valence-electron chi connectivity index (χ0n) is 7.64. The monoisotopic (exact) mass is 200 g/mol. The van der Waals surface area contributed by atoms with E-state index in [2.05, 4.69) is 9.69 Å².